The topological polar surface area (TPSA) is 68.1 Å². The van der Waals surface area contributed by atoms with E-state index in [9.17, 15) is 14.5 Å². The molecule has 1 aromatic carbocycles. The Kier molecular flexibility index (Phi) is 3.49. The van der Waals surface area contributed by atoms with Crippen molar-refractivity contribution in [2.24, 2.45) is 0 Å². The maximum Gasteiger partial charge on any atom is 0.281 e. The summed E-state index contributed by atoms with van der Waals surface area (Å²) in [5.74, 6) is -0.676. The lowest BCUT2D eigenvalue weighted by atomic mass is 10.1. The van der Waals surface area contributed by atoms with E-state index in [0.29, 0.717) is 11.9 Å². The van der Waals surface area contributed by atoms with Crippen molar-refractivity contribution in [3.8, 4) is 0 Å². The van der Waals surface area contributed by atoms with Crippen LogP contribution in [0.5, 0.6) is 0 Å². The summed E-state index contributed by atoms with van der Waals surface area (Å²) in [7, 11) is 0. The molecule has 5 nitrogen and oxygen atoms in total. The molecule has 0 saturated carbocycles. The number of thiophene rings is 1. The molecule has 106 valence electrons. The summed E-state index contributed by atoms with van der Waals surface area (Å²) < 4.78 is 14.2. The number of nitrogens with zero attached hydrogens (tertiary/aromatic N) is 2. The molecule has 0 unspecified atom stereocenters. The highest BCUT2D eigenvalue weighted by atomic mass is 32.1. The maximum atomic E-state index is 14.2. The number of nitro groups is 1. The first-order valence-electron chi connectivity index (χ1n) is 6.14. The Labute approximate surface area is 123 Å². The molecule has 0 aliphatic rings. The van der Waals surface area contributed by atoms with Gasteiger partial charge in [-0.05, 0) is 23.6 Å². The normalized spacial score (nSPS) is 10.7. The minimum absolute atomic E-state index is 0.185. The lowest BCUT2D eigenvalue weighted by molar-refractivity contribution is -0.383. The summed E-state index contributed by atoms with van der Waals surface area (Å²) in [4.78, 5) is 15.5. The van der Waals surface area contributed by atoms with Gasteiger partial charge >= 0.3 is 0 Å². The first-order chi connectivity index (χ1) is 10.2. The van der Waals surface area contributed by atoms with Crippen LogP contribution in [0.2, 0.25) is 0 Å². The van der Waals surface area contributed by atoms with E-state index in [1.54, 1.807) is 23.5 Å². The molecule has 2 heterocycles. The molecule has 0 aliphatic heterocycles. The van der Waals surface area contributed by atoms with Crippen LogP contribution in [0, 0.1) is 15.9 Å². The van der Waals surface area contributed by atoms with E-state index >= 15 is 0 Å². The summed E-state index contributed by atoms with van der Waals surface area (Å²) in [5, 5.41) is 16.2. The average Bonchev–Trinajstić information content (AvgIpc) is 2.98. The molecule has 0 fully saturated rings. The molecule has 0 spiro atoms. The summed E-state index contributed by atoms with van der Waals surface area (Å²) in [6, 6.07) is 7.92. The van der Waals surface area contributed by atoms with E-state index in [-0.39, 0.29) is 16.9 Å². The third kappa shape index (κ3) is 2.55. The van der Waals surface area contributed by atoms with Gasteiger partial charge in [-0.15, -0.1) is 11.3 Å². The molecule has 0 amide bonds. The molecular formula is C14H10FN3O2S. The second-order valence-electron chi connectivity index (χ2n) is 4.34. The third-order valence-electron chi connectivity index (χ3n) is 3.04. The number of benzene rings is 1. The van der Waals surface area contributed by atoms with Gasteiger partial charge in [0, 0.05) is 17.6 Å². The van der Waals surface area contributed by atoms with Crippen LogP contribution in [0.3, 0.4) is 0 Å². The minimum Gasteiger partial charge on any atom is -0.376 e. The Bertz CT molecular complexity index is 805. The number of nitrogens with one attached hydrogen (secondary N) is 1. The Hall–Kier alpha value is -2.54. The largest absolute Gasteiger partial charge is 0.376 e. The van der Waals surface area contributed by atoms with E-state index in [0.717, 1.165) is 10.9 Å². The number of non-ortho nitro benzene ring substituents is 1. The number of rotatable bonds is 4. The first-order valence-corrected chi connectivity index (χ1v) is 7.02. The monoisotopic (exact) mass is 303 g/mol. The highest BCUT2D eigenvalue weighted by molar-refractivity contribution is 7.09. The van der Waals surface area contributed by atoms with Crippen LogP contribution in [0.4, 0.5) is 15.8 Å². The Morgan fingerprint density at radius 2 is 2.24 bits per heavy atom. The SMILES string of the molecule is O=[N+]([O-])c1cc(F)c(NCc2cccs2)c2ncccc12. The zero-order valence-corrected chi connectivity index (χ0v) is 11.6. The number of nitro benzene ring substituents is 1. The average molecular weight is 303 g/mol. The zero-order valence-electron chi connectivity index (χ0n) is 10.7. The molecule has 0 bridgehead atoms. The standard InChI is InChI=1S/C14H10FN3O2S/c15-11-7-12(18(19)20)10-4-1-5-16-13(10)14(11)17-8-9-3-2-6-21-9/h1-7,17H,8H2. The Morgan fingerprint density at radius 3 is 2.95 bits per heavy atom. The van der Waals surface area contributed by atoms with E-state index in [2.05, 4.69) is 10.3 Å². The number of hydrogen-bond acceptors (Lipinski definition) is 5. The highest BCUT2D eigenvalue weighted by Crippen LogP contribution is 2.32. The van der Waals surface area contributed by atoms with Crippen molar-refractivity contribution >= 4 is 33.6 Å². The lowest BCUT2D eigenvalue weighted by Gasteiger charge is -2.09. The van der Waals surface area contributed by atoms with Gasteiger partial charge in [0.2, 0.25) is 0 Å². The zero-order chi connectivity index (χ0) is 14.8. The summed E-state index contributed by atoms with van der Waals surface area (Å²) in [6.45, 7) is 0.443. The Balaban J connectivity index is 2.08. The van der Waals surface area contributed by atoms with Crippen LogP contribution in [-0.2, 0) is 6.54 Å². The van der Waals surface area contributed by atoms with Gasteiger partial charge in [0.1, 0.15) is 5.52 Å². The van der Waals surface area contributed by atoms with Crippen molar-refractivity contribution in [2.45, 2.75) is 6.54 Å². The van der Waals surface area contributed by atoms with Crippen molar-refractivity contribution in [3.63, 3.8) is 0 Å². The fourth-order valence-electron chi connectivity index (χ4n) is 2.10. The van der Waals surface area contributed by atoms with Crippen molar-refractivity contribution in [1.82, 2.24) is 4.98 Å². The number of pyridine rings is 1. The van der Waals surface area contributed by atoms with Gasteiger partial charge in [0.25, 0.3) is 5.69 Å². The smallest absolute Gasteiger partial charge is 0.281 e. The molecule has 0 atom stereocenters. The van der Waals surface area contributed by atoms with E-state index in [1.807, 2.05) is 17.5 Å². The second-order valence-corrected chi connectivity index (χ2v) is 5.37. The van der Waals surface area contributed by atoms with Crippen LogP contribution < -0.4 is 5.32 Å². The van der Waals surface area contributed by atoms with Crippen LogP contribution >= 0.6 is 11.3 Å². The molecule has 21 heavy (non-hydrogen) atoms. The molecule has 0 radical (unpaired) electrons. The van der Waals surface area contributed by atoms with Gasteiger partial charge in [0.15, 0.2) is 5.82 Å². The number of hydrogen-bond donors (Lipinski definition) is 1. The fraction of sp³-hybridized carbons (Fsp3) is 0.0714. The number of aromatic nitrogens is 1. The molecule has 0 aliphatic carbocycles. The van der Waals surface area contributed by atoms with Gasteiger partial charge in [-0.1, -0.05) is 6.07 Å². The van der Waals surface area contributed by atoms with Gasteiger partial charge in [-0.3, -0.25) is 15.1 Å². The van der Waals surface area contributed by atoms with E-state index < -0.39 is 10.7 Å². The van der Waals surface area contributed by atoms with E-state index in [1.165, 1.54) is 6.20 Å². The quantitative estimate of drug-likeness (QED) is 0.585. The molecular weight excluding hydrogens is 293 g/mol. The van der Waals surface area contributed by atoms with Gasteiger partial charge in [0.05, 0.1) is 22.1 Å². The molecule has 0 saturated heterocycles. The number of halogens is 1. The number of anilines is 1. The van der Waals surface area contributed by atoms with Crippen LogP contribution in [0.1, 0.15) is 4.88 Å². The van der Waals surface area contributed by atoms with Crippen LogP contribution in [-0.4, -0.2) is 9.91 Å². The van der Waals surface area contributed by atoms with Crippen LogP contribution in [0.25, 0.3) is 10.9 Å². The third-order valence-corrected chi connectivity index (χ3v) is 3.92. The van der Waals surface area contributed by atoms with Crippen molar-refractivity contribution in [1.29, 1.82) is 0 Å². The van der Waals surface area contributed by atoms with Crippen molar-refractivity contribution in [2.75, 3.05) is 5.32 Å². The maximum absolute atomic E-state index is 14.2. The van der Waals surface area contributed by atoms with Gasteiger partial charge in [-0.25, -0.2) is 4.39 Å². The van der Waals surface area contributed by atoms with Crippen molar-refractivity contribution in [3.05, 3.63) is 62.7 Å². The molecule has 3 rings (SSSR count). The van der Waals surface area contributed by atoms with Crippen LogP contribution in [0.15, 0.2) is 41.9 Å². The van der Waals surface area contributed by atoms with Gasteiger partial charge < -0.3 is 5.32 Å². The number of fused-ring (bicyclic) bond motifs is 1. The van der Waals surface area contributed by atoms with Gasteiger partial charge in [-0.2, -0.15) is 0 Å². The summed E-state index contributed by atoms with van der Waals surface area (Å²) in [6.07, 6.45) is 1.49. The second kappa shape index (κ2) is 5.45. The fourth-order valence-corrected chi connectivity index (χ4v) is 2.75. The highest BCUT2D eigenvalue weighted by Gasteiger charge is 2.19. The summed E-state index contributed by atoms with van der Waals surface area (Å²) >= 11 is 1.55. The predicted molar refractivity (Wildman–Crippen MR) is 80.0 cm³/mol. The lowest BCUT2D eigenvalue weighted by Crippen LogP contribution is -2.03. The molecule has 7 heteroatoms. The first kappa shape index (κ1) is 13.4. The van der Waals surface area contributed by atoms with Crippen molar-refractivity contribution < 1.29 is 9.31 Å². The summed E-state index contributed by atoms with van der Waals surface area (Å²) in [5.41, 5.74) is 0.169. The van der Waals surface area contributed by atoms with E-state index in [4.69, 9.17) is 0 Å². The Morgan fingerprint density at radius 1 is 1.38 bits per heavy atom. The molecule has 1 N–H and O–H groups in total. The molecule has 3 aromatic rings. The molecule has 2 aromatic heterocycles. The minimum atomic E-state index is -0.676. The predicted octanol–water partition coefficient (Wildman–Crippen LogP) is 3.96.